The molecule has 0 atom stereocenters. The monoisotopic (exact) mass is 324 g/mol. The number of rotatable bonds is 4. The zero-order chi connectivity index (χ0) is 17.0. The van der Waals surface area contributed by atoms with Crippen molar-refractivity contribution in [2.75, 3.05) is 5.32 Å². The number of carbonyl (C=O) groups excluding carboxylic acids is 1. The molecule has 0 saturated heterocycles. The van der Waals surface area contributed by atoms with E-state index in [2.05, 4.69) is 20.6 Å². The Morgan fingerprint density at radius 3 is 2.39 bits per heavy atom. The SMILES string of the molecule is CC(C)NC(=O)c1cnc(Nc2cccc(C(F)(F)F)c2)nc1. The molecule has 2 aromatic rings. The van der Waals surface area contributed by atoms with Gasteiger partial charge in [0.25, 0.3) is 5.91 Å². The first-order chi connectivity index (χ1) is 10.8. The molecule has 0 aliphatic rings. The molecule has 23 heavy (non-hydrogen) atoms. The third-order valence-corrected chi connectivity index (χ3v) is 2.78. The molecule has 5 nitrogen and oxygen atoms in total. The molecule has 0 aliphatic carbocycles. The lowest BCUT2D eigenvalue weighted by molar-refractivity contribution is -0.137. The number of hydrogen-bond acceptors (Lipinski definition) is 4. The summed E-state index contributed by atoms with van der Waals surface area (Å²) in [5.74, 6) is -0.212. The summed E-state index contributed by atoms with van der Waals surface area (Å²) in [6.45, 7) is 3.64. The molecule has 1 aromatic heterocycles. The highest BCUT2D eigenvalue weighted by Gasteiger charge is 2.30. The number of hydrogen-bond donors (Lipinski definition) is 2. The maximum absolute atomic E-state index is 12.6. The lowest BCUT2D eigenvalue weighted by Crippen LogP contribution is -2.30. The molecule has 2 rings (SSSR count). The summed E-state index contributed by atoms with van der Waals surface area (Å²) in [5, 5.41) is 5.36. The summed E-state index contributed by atoms with van der Waals surface area (Å²) < 4.78 is 37.9. The van der Waals surface area contributed by atoms with E-state index in [1.807, 2.05) is 13.8 Å². The van der Waals surface area contributed by atoms with Gasteiger partial charge in [0.15, 0.2) is 0 Å². The number of halogens is 3. The fourth-order valence-electron chi connectivity index (χ4n) is 1.76. The second kappa shape index (κ2) is 6.64. The van der Waals surface area contributed by atoms with Gasteiger partial charge in [0.05, 0.1) is 11.1 Å². The zero-order valence-electron chi connectivity index (χ0n) is 12.5. The Balaban J connectivity index is 2.11. The molecule has 0 fully saturated rings. The smallest absolute Gasteiger partial charge is 0.350 e. The fraction of sp³-hybridized carbons (Fsp3) is 0.267. The van der Waals surface area contributed by atoms with Crippen LogP contribution in [-0.2, 0) is 6.18 Å². The van der Waals surface area contributed by atoms with Gasteiger partial charge >= 0.3 is 6.18 Å². The Labute approximate surface area is 131 Å². The second-order valence-corrected chi connectivity index (χ2v) is 5.13. The lowest BCUT2D eigenvalue weighted by Gasteiger charge is -2.10. The van der Waals surface area contributed by atoms with Crippen LogP contribution in [0.5, 0.6) is 0 Å². The molecule has 2 N–H and O–H groups in total. The summed E-state index contributed by atoms with van der Waals surface area (Å²) >= 11 is 0. The zero-order valence-corrected chi connectivity index (χ0v) is 12.5. The van der Waals surface area contributed by atoms with Gasteiger partial charge in [-0.3, -0.25) is 4.79 Å². The van der Waals surface area contributed by atoms with Crippen molar-refractivity contribution in [3.05, 3.63) is 47.8 Å². The van der Waals surface area contributed by atoms with Gasteiger partial charge in [0.1, 0.15) is 0 Å². The summed E-state index contributed by atoms with van der Waals surface area (Å²) in [7, 11) is 0. The molecular weight excluding hydrogens is 309 g/mol. The number of nitrogens with zero attached hydrogens (tertiary/aromatic N) is 2. The first-order valence-corrected chi connectivity index (χ1v) is 6.83. The van der Waals surface area contributed by atoms with E-state index in [4.69, 9.17) is 0 Å². The van der Waals surface area contributed by atoms with E-state index in [-0.39, 0.29) is 29.1 Å². The first kappa shape index (κ1) is 16.7. The van der Waals surface area contributed by atoms with Crippen LogP contribution >= 0.6 is 0 Å². The number of benzene rings is 1. The Morgan fingerprint density at radius 2 is 1.83 bits per heavy atom. The summed E-state index contributed by atoms with van der Waals surface area (Å²) in [6, 6.07) is 4.67. The van der Waals surface area contributed by atoms with E-state index in [0.29, 0.717) is 0 Å². The molecular formula is C15H15F3N4O. The first-order valence-electron chi connectivity index (χ1n) is 6.83. The topological polar surface area (TPSA) is 66.9 Å². The lowest BCUT2D eigenvalue weighted by atomic mass is 10.2. The number of aromatic nitrogens is 2. The number of anilines is 2. The summed E-state index contributed by atoms with van der Waals surface area (Å²) in [5.41, 5.74) is -0.289. The van der Waals surface area contributed by atoms with E-state index >= 15 is 0 Å². The van der Waals surface area contributed by atoms with E-state index in [9.17, 15) is 18.0 Å². The van der Waals surface area contributed by atoms with Gasteiger partial charge in [0.2, 0.25) is 5.95 Å². The number of alkyl halides is 3. The maximum atomic E-state index is 12.6. The molecule has 1 heterocycles. The van der Waals surface area contributed by atoms with Gasteiger partial charge in [-0.05, 0) is 32.0 Å². The molecule has 1 amide bonds. The molecule has 1 aromatic carbocycles. The normalized spacial score (nSPS) is 11.4. The summed E-state index contributed by atoms with van der Waals surface area (Å²) in [4.78, 5) is 19.6. The predicted molar refractivity (Wildman–Crippen MR) is 79.4 cm³/mol. The second-order valence-electron chi connectivity index (χ2n) is 5.13. The third kappa shape index (κ3) is 4.67. The van der Waals surface area contributed by atoms with Crippen LogP contribution in [0.3, 0.4) is 0 Å². The Bertz CT molecular complexity index is 684. The van der Waals surface area contributed by atoms with Crippen LogP contribution in [0.25, 0.3) is 0 Å². The minimum atomic E-state index is -4.42. The van der Waals surface area contributed by atoms with Crippen LogP contribution < -0.4 is 10.6 Å². The van der Waals surface area contributed by atoms with E-state index in [0.717, 1.165) is 12.1 Å². The molecule has 0 bridgehead atoms. The molecule has 0 unspecified atom stereocenters. The number of amides is 1. The van der Waals surface area contributed by atoms with E-state index < -0.39 is 11.7 Å². The van der Waals surface area contributed by atoms with Gasteiger partial charge in [0, 0.05) is 24.1 Å². The minimum absolute atomic E-state index is 0.0228. The maximum Gasteiger partial charge on any atom is 0.416 e. The summed E-state index contributed by atoms with van der Waals surface area (Å²) in [6.07, 6.45) is -1.81. The van der Waals surface area contributed by atoms with Crippen LogP contribution in [0.1, 0.15) is 29.8 Å². The quantitative estimate of drug-likeness (QED) is 0.905. The van der Waals surface area contributed by atoms with Crippen molar-refractivity contribution in [1.29, 1.82) is 0 Å². The van der Waals surface area contributed by atoms with Crippen molar-refractivity contribution in [1.82, 2.24) is 15.3 Å². The highest BCUT2D eigenvalue weighted by Crippen LogP contribution is 2.31. The molecule has 0 radical (unpaired) electrons. The minimum Gasteiger partial charge on any atom is -0.350 e. The molecule has 0 saturated carbocycles. The van der Waals surface area contributed by atoms with Gasteiger partial charge in [-0.2, -0.15) is 13.2 Å². The van der Waals surface area contributed by atoms with Gasteiger partial charge < -0.3 is 10.6 Å². The molecule has 122 valence electrons. The van der Waals surface area contributed by atoms with Crippen molar-refractivity contribution >= 4 is 17.5 Å². The van der Waals surface area contributed by atoms with Crippen molar-refractivity contribution in [2.24, 2.45) is 0 Å². The van der Waals surface area contributed by atoms with Crippen molar-refractivity contribution in [3.63, 3.8) is 0 Å². The van der Waals surface area contributed by atoms with Gasteiger partial charge in [-0.15, -0.1) is 0 Å². The number of nitrogens with one attached hydrogen (secondary N) is 2. The molecule has 0 aliphatic heterocycles. The molecule has 8 heteroatoms. The largest absolute Gasteiger partial charge is 0.416 e. The van der Waals surface area contributed by atoms with Gasteiger partial charge in [-0.1, -0.05) is 6.07 Å². The standard InChI is InChI=1S/C15H15F3N4O/c1-9(2)21-13(23)10-7-19-14(20-8-10)22-12-5-3-4-11(6-12)15(16,17)18/h3-9H,1-2H3,(H,21,23)(H,19,20,22). The molecule has 0 spiro atoms. The third-order valence-electron chi connectivity index (χ3n) is 2.78. The van der Waals surface area contributed by atoms with Crippen LogP contribution in [0.2, 0.25) is 0 Å². The Kier molecular flexibility index (Phi) is 4.83. The van der Waals surface area contributed by atoms with Crippen molar-refractivity contribution < 1.29 is 18.0 Å². The van der Waals surface area contributed by atoms with E-state index in [1.54, 1.807) is 0 Å². The van der Waals surface area contributed by atoms with Crippen LogP contribution in [-0.4, -0.2) is 21.9 Å². The Hall–Kier alpha value is -2.64. The van der Waals surface area contributed by atoms with Gasteiger partial charge in [-0.25, -0.2) is 9.97 Å². The number of carbonyl (C=O) groups is 1. The van der Waals surface area contributed by atoms with Crippen LogP contribution in [0.4, 0.5) is 24.8 Å². The average Bonchev–Trinajstić information content (AvgIpc) is 2.46. The fourth-order valence-corrected chi connectivity index (χ4v) is 1.76. The predicted octanol–water partition coefficient (Wildman–Crippen LogP) is 3.38. The van der Waals surface area contributed by atoms with Crippen LogP contribution in [0, 0.1) is 0 Å². The van der Waals surface area contributed by atoms with Crippen LogP contribution in [0.15, 0.2) is 36.7 Å². The Morgan fingerprint density at radius 1 is 1.17 bits per heavy atom. The highest BCUT2D eigenvalue weighted by molar-refractivity contribution is 5.93. The highest BCUT2D eigenvalue weighted by atomic mass is 19.4. The van der Waals surface area contributed by atoms with Crippen molar-refractivity contribution in [3.8, 4) is 0 Å². The van der Waals surface area contributed by atoms with E-state index in [1.165, 1.54) is 24.5 Å². The van der Waals surface area contributed by atoms with Crippen molar-refractivity contribution in [2.45, 2.75) is 26.1 Å². The average molecular weight is 324 g/mol.